The SMILES string of the molecule is C=Cc1ccccc1[Si](Cl)(C=C)c1ccccc1. The van der Waals surface area contributed by atoms with Gasteiger partial charge in [-0.05, 0) is 15.9 Å². The Morgan fingerprint density at radius 3 is 2.11 bits per heavy atom. The Morgan fingerprint density at radius 1 is 0.889 bits per heavy atom. The average Bonchev–Trinajstić information content (AvgIpc) is 2.47. The lowest BCUT2D eigenvalue weighted by Gasteiger charge is -2.23. The molecule has 0 nitrogen and oxygen atoms in total. The molecular formula is C16H15ClSi. The molecule has 0 aliphatic carbocycles. The molecule has 0 aromatic heterocycles. The van der Waals surface area contributed by atoms with Gasteiger partial charge in [-0.25, -0.2) is 0 Å². The first kappa shape index (κ1) is 12.9. The molecule has 0 aliphatic rings. The fraction of sp³-hybridized carbons (Fsp3) is 0. The monoisotopic (exact) mass is 270 g/mol. The van der Waals surface area contributed by atoms with Gasteiger partial charge in [0.05, 0.1) is 0 Å². The molecule has 0 radical (unpaired) electrons. The zero-order chi connectivity index (χ0) is 13.0. The van der Waals surface area contributed by atoms with Gasteiger partial charge in [-0.1, -0.05) is 73.0 Å². The molecule has 2 aromatic rings. The second-order valence-corrected chi connectivity index (χ2v) is 8.81. The van der Waals surface area contributed by atoms with E-state index in [-0.39, 0.29) is 0 Å². The van der Waals surface area contributed by atoms with Gasteiger partial charge in [0, 0.05) is 0 Å². The summed E-state index contributed by atoms with van der Waals surface area (Å²) in [5, 5.41) is 2.29. The Kier molecular flexibility index (Phi) is 3.85. The van der Waals surface area contributed by atoms with E-state index in [1.807, 2.05) is 48.2 Å². The van der Waals surface area contributed by atoms with E-state index in [9.17, 15) is 0 Å². The summed E-state index contributed by atoms with van der Waals surface area (Å²) in [5.74, 6) is 0. The van der Waals surface area contributed by atoms with Crippen molar-refractivity contribution in [2.24, 2.45) is 0 Å². The van der Waals surface area contributed by atoms with Crippen molar-refractivity contribution < 1.29 is 0 Å². The molecule has 0 amide bonds. The molecule has 0 heterocycles. The van der Waals surface area contributed by atoms with Gasteiger partial charge in [-0.2, -0.15) is 0 Å². The standard InChI is InChI=1S/C16H15ClSi/c1-3-14-10-8-9-13-16(14)18(17,4-2)15-11-6-5-7-12-15/h3-13H,1-2H2. The van der Waals surface area contributed by atoms with Crippen LogP contribution < -0.4 is 10.4 Å². The summed E-state index contributed by atoms with van der Waals surface area (Å²) >= 11 is 6.93. The van der Waals surface area contributed by atoms with Gasteiger partial charge in [0.15, 0.2) is 0 Å². The second kappa shape index (κ2) is 5.38. The minimum absolute atomic E-state index is 1.09. The molecule has 2 aromatic carbocycles. The van der Waals surface area contributed by atoms with Gasteiger partial charge < -0.3 is 0 Å². The third-order valence-electron chi connectivity index (χ3n) is 3.05. The van der Waals surface area contributed by atoms with Gasteiger partial charge in [-0.15, -0.1) is 17.7 Å². The van der Waals surface area contributed by atoms with Gasteiger partial charge in [0.25, 0.3) is 0 Å². The number of halogens is 1. The molecule has 90 valence electrons. The smallest absolute Gasteiger partial charge is 0.149 e. The molecule has 0 aliphatic heterocycles. The maximum Gasteiger partial charge on any atom is 0.240 e. The Morgan fingerprint density at radius 2 is 1.50 bits per heavy atom. The Labute approximate surface area is 114 Å². The molecule has 0 fully saturated rings. The molecule has 18 heavy (non-hydrogen) atoms. The van der Waals surface area contributed by atoms with Gasteiger partial charge in [0.2, 0.25) is 7.38 Å². The van der Waals surface area contributed by atoms with E-state index in [2.05, 4.69) is 31.4 Å². The Bertz CT molecular complexity index is 562. The molecular weight excluding hydrogens is 256 g/mol. The van der Waals surface area contributed by atoms with Crippen LogP contribution in [0.1, 0.15) is 5.56 Å². The summed E-state index contributed by atoms with van der Waals surface area (Å²) in [4.78, 5) is 0. The van der Waals surface area contributed by atoms with E-state index in [4.69, 9.17) is 11.1 Å². The molecule has 2 rings (SSSR count). The molecule has 0 saturated carbocycles. The molecule has 0 bridgehead atoms. The van der Waals surface area contributed by atoms with E-state index in [1.54, 1.807) is 0 Å². The third kappa shape index (κ3) is 2.19. The van der Waals surface area contributed by atoms with Crippen LogP contribution in [0.15, 0.2) is 73.5 Å². The van der Waals surface area contributed by atoms with Crippen molar-refractivity contribution >= 4 is 34.9 Å². The van der Waals surface area contributed by atoms with Crippen molar-refractivity contribution in [2.45, 2.75) is 0 Å². The number of benzene rings is 2. The summed E-state index contributed by atoms with van der Waals surface area (Å²) in [6, 6.07) is 18.3. The third-order valence-corrected chi connectivity index (χ3v) is 7.75. The normalized spacial score (nSPS) is 13.6. The summed E-state index contributed by atoms with van der Waals surface area (Å²) in [7, 11) is -2.38. The fourth-order valence-corrected chi connectivity index (χ4v) is 5.35. The van der Waals surface area contributed by atoms with E-state index >= 15 is 0 Å². The lowest BCUT2D eigenvalue weighted by Crippen LogP contribution is -2.53. The van der Waals surface area contributed by atoms with Crippen molar-refractivity contribution in [2.75, 3.05) is 0 Å². The number of hydrogen-bond donors (Lipinski definition) is 0. The maximum atomic E-state index is 6.93. The van der Waals surface area contributed by atoms with Crippen LogP contribution in [0.3, 0.4) is 0 Å². The Hall–Kier alpha value is -1.57. The number of hydrogen-bond acceptors (Lipinski definition) is 0. The van der Waals surface area contributed by atoms with Crippen molar-refractivity contribution in [3.63, 3.8) is 0 Å². The van der Waals surface area contributed by atoms with Crippen LogP contribution in [-0.4, -0.2) is 7.38 Å². The largest absolute Gasteiger partial charge is 0.240 e. The minimum Gasteiger partial charge on any atom is -0.149 e. The van der Waals surface area contributed by atoms with Crippen LogP contribution in [-0.2, 0) is 0 Å². The second-order valence-electron chi connectivity index (χ2n) is 4.07. The van der Waals surface area contributed by atoms with Gasteiger partial charge >= 0.3 is 0 Å². The molecule has 1 unspecified atom stereocenters. The fourth-order valence-electron chi connectivity index (χ4n) is 2.07. The predicted octanol–water partition coefficient (Wildman–Crippen LogP) is 3.35. The molecule has 0 spiro atoms. The topological polar surface area (TPSA) is 0 Å². The first-order valence-electron chi connectivity index (χ1n) is 5.82. The molecule has 0 saturated heterocycles. The van der Waals surface area contributed by atoms with Crippen LogP contribution in [0.2, 0.25) is 0 Å². The van der Waals surface area contributed by atoms with Gasteiger partial charge in [0.1, 0.15) is 0 Å². The highest BCUT2D eigenvalue weighted by atomic mass is 35.6. The molecule has 0 N–H and O–H groups in total. The summed E-state index contributed by atoms with van der Waals surface area (Å²) in [6.45, 7) is 7.82. The zero-order valence-corrected chi connectivity index (χ0v) is 11.9. The highest BCUT2D eigenvalue weighted by Crippen LogP contribution is 2.15. The van der Waals surface area contributed by atoms with Crippen LogP contribution in [0.4, 0.5) is 0 Å². The lowest BCUT2D eigenvalue weighted by atomic mass is 10.2. The van der Waals surface area contributed by atoms with Crippen molar-refractivity contribution in [1.82, 2.24) is 0 Å². The lowest BCUT2D eigenvalue weighted by molar-refractivity contribution is 1.69. The molecule has 2 heteroatoms. The van der Waals surface area contributed by atoms with Crippen molar-refractivity contribution in [3.8, 4) is 0 Å². The van der Waals surface area contributed by atoms with Gasteiger partial charge in [-0.3, -0.25) is 0 Å². The zero-order valence-electron chi connectivity index (χ0n) is 10.1. The predicted molar refractivity (Wildman–Crippen MR) is 84.0 cm³/mol. The minimum atomic E-state index is -2.38. The van der Waals surface area contributed by atoms with E-state index in [0.29, 0.717) is 0 Å². The maximum absolute atomic E-state index is 6.93. The first-order valence-corrected chi connectivity index (χ1v) is 8.91. The summed E-state index contributed by atoms with van der Waals surface area (Å²) < 4.78 is 0. The summed E-state index contributed by atoms with van der Waals surface area (Å²) in [5.41, 5.74) is 2.99. The van der Waals surface area contributed by atoms with Crippen LogP contribution in [0.25, 0.3) is 6.08 Å². The van der Waals surface area contributed by atoms with E-state index < -0.39 is 7.38 Å². The average molecular weight is 271 g/mol. The highest BCUT2D eigenvalue weighted by molar-refractivity contribution is 7.36. The van der Waals surface area contributed by atoms with E-state index in [0.717, 1.165) is 15.9 Å². The molecule has 1 atom stereocenters. The quantitative estimate of drug-likeness (QED) is 0.590. The van der Waals surface area contributed by atoms with Crippen molar-refractivity contribution in [3.05, 3.63) is 79.0 Å². The van der Waals surface area contributed by atoms with E-state index in [1.165, 1.54) is 0 Å². The van der Waals surface area contributed by atoms with Crippen LogP contribution in [0.5, 0.6) is 0 Å². The van der Waals surface area contributed by atoms with Crippen LogP contribution >= 0.6 is 11.1 Å². The Balaban J connectivity index is 2.64. The number of rotatable bonds is 4. The van der Waals surface area contributed by atoms with Crippen molar-refractivity contribution in [1.29, 1.82) is 0 Å². The highest BCUT2D eigenvalue weighted by Gasteiger charge is 2.33. The summed E-state index contributed by atoms with van der Waals surface area (Å²) in [6.07, 6.45) is 1.85. The first-order chi connectivity index (χ1) is 8.72. The van der Waals surface area contributed by atoms with Crippen LogP contribution in [0, 0.1) is 0 Å².